The normalized spacial score (nSPS) is 21.1. The number of hydrogen-bond donors (Lipinski definition) is 1. The lowest BCUT2D eigenvalue weighted by atomic mass is 10.2. The molecular formula is C10H13IN2O. The van der Waals surface area contributed by atoms with Crippen LogP contribution in [0.5, 0.6) is 5.75 Å². The van der Waals surface area contributed by atoms with Crippen LogP contribution < -0.4 is 10.1 Å². The van der Waals surface area contributed by atoms with Crippen LogP contribution in [0.4, 0.5) is 0 Å². The lowest BCUT2D eigenvalue weighted by Crippen LogP contribution is -2.28. The Kier molecular flexibility index (Phi) is 3.58. The van der Waals surface area contributed by atoms with Crippen LogP contribution in [0.25, 0.3) is 0 Å². The van der Waals surface area contributed by atoms with Crippen molar-refractivity contribution >= 4 is 22.6 Å². The molecule has 1 fully saturated rings. The van der Waals surface area contributed by atoms with Gasteiger partial charge >= 0.3 is 0 Å². The first-order valence-electron chi connectivity index (χ1n) is 4.81. The van der Waals surface area contributed by atoms with E-state index in [9.17, 15) is 0 Å². The maximum atomic E-state index is 5.64. The van der Waals surface area contributed by atoms with Crippen molar-refractivity contribution in [1.29, 1.82) is 0 Å². The number of hydrogen-bond acceptors (Lipinski definition) is 3. The van der Waals surface area contributed by atoms with Crippen LogP contribution in [-0.2, 0) is 0 Å². The average molecular weight is 302 g/mol. The molecule has 0 unspecified atom stereocenters. The monoisotopic (exact) mass is 302 g/mol. The molecule has 4 heteroatoms. The van der Waals surface area contributed by atoms with E-state index in [0.29, 0.717) is 6.04 Å². The van der Waals surface area contributed by atoms with Crippen molar-refractivity contribution in [1.82, 2.24) is 10.3 Å². The van der Waals surface area contributed by atoms with Crippen LogP contribution in [0.1, 0.15) is 12.8 Å². The first-order valence-corrected chi connectivity index (χ1v) is 5.89. The number of halogens is 1. The molecule has 76 valence electrons. The van der Waals surface area contributed by atoms with Gasteiger partial charge in [-0.15, -0.1) is 0 Å². The number of nitrogens with zero attached hydrogens (tertiary/aromatic N) is 1. The highest BCUT2D eigenvalue weighted by Crippen LogP contribution is 2.14. The minimum Gasteiger partial charge on any atom is -0.490 e. The van der Waals surface area contributed by atoms with Crippen molar-refractivity contribution in [3.8, 4) is 5.75 Å². The molecule has 14 heavy (non-hydrogen) atoms. The van der Waals surface area contributed by atoms with Crippen molar-refractivity contribution in [2.45, 2.75) is 18.9 Å². The number of ether oxygens (including phenoxy) is 1. The highest BCUT2D eigenvalue weighted by atomic mass is 125. The maximum Gasteiger partial charge on any atom is 0.138 e. The summed E-state index contributed by atoms with van der Waals surface area (Å²) < 4.78 is 6.75. The summed E-state index contributed by atoms with van der Waals surface area (Å²) in [5, 5.41) is 3.39. The van der Waals surface area contributed by atoms with Crippen molar-refractivity contribution in [2.24, 2.45) is 0 Å². The second-order valence-electron chi connectivity index (χ2n) is 3.44. The largest absolute Gasteiger partial charge is 0.490 e. The van der Waals surface area contributed by atoms with Gasteiger partial charge in [0.15, 0.2) is 0 Å². The molecule has 0 amide bonds. The Labute approximate surface area is 97.4 Å². The zero-order valence-electron chi connectivity index (χ0n) is 7.87. The molecule has 1 aliphatic heterocycles. The lowest BCUT2D eigenvalue weighted by Gasteiger charge is -2.11. The molecule has 0 radical (unpaired) electrons. The molecule has 3 nitrogen and oxygen atoms in total. The Bertz CT molecular complexity index is 300. The predicted molar refractivity (Wildman–Crippen MR) is 63.5 cm³/mol. The van der Waals surface area contributed by atoms with E-state index in [1.54, 1.807) is 6.20 Å². The highest BCUT2D eigenvalue weighted by molar-refractivity contribution is 14.1. The molecule has 1 saturated heterocycles. The summed E-state index contributed by atoms with van der Waals surface area (Å²) in [6.45, 7) is 1.88. The molecule has 0 aliphatic carbocycles. The van der Waals surface area contributed by atoms with Gasteiger partial charge in [0.05, 0.1) is 6.20 Å². The molecule has 1 aromatic heterocycles. The first-order chi connectivity index (χ1) is 6.84. The molecule has 0 spiro atoms. The fourth-order valence-corrected chi connectivity index (χ4v) is 2.03. The van der Waals surface area contributed by atoms with Crippen molar-refractivity contribution in [3.63, 3.8) is 0 Å². The fraction of sp³-hybridized carbons (Fsp3) is 0.500. The second kappa shape index (κ2) is 4.93. The Hall–Kier alpha value is -0.360. The summed E-state index contributed by atoms with van der Waals surface area (Å²) >= 11 is 2.24. The Morgan fingerprint density at radius 1 is 1.57 bits per heavy atom. The number of aromatic nitrogens is 1. The number of rotatable bonds is 3. The van der Waals surface area contributed by atoms with E-state index in [0.717, 1.165) is 22.5 Å². The van der Waals surface area contributed by atoms with Crippen LogP contribution in [0.15, 0.2) is 18.5 Å². The zero-order valence-corrected chi connectivity index (χ0v) is 10.0. The van der Waals surface area contributed by atoms with E-state index in [1.165, 1.54) is 12.8 Å². The third-order valence-corrected chi connectivity index (χ3v) is 2.88. The highest BCUT2D eigenvalue weighted by Gasteiger charge is 2.14. The number of pyridine rings is 1. The molecule has 2 heterocycles. The zero-order chi connectivity index (χ0) is 9.80. The molecule has 1 atom stereocenters. The Balaban J connectivity index is 1.85. The smallest absolute Gasteiger partial charge is 0.138 e. The summed E-state index contributed by atoms with van der Waals surface area (Å²) in [5.41, 5.74) is 0. The van der Waals surface area contributed by atoms with Gasteiger partial charge in [-0.2, -0.15) is 0 Å². The minimum absolute atomic E-state index is 0.521. The van der Waals surface area contributed by atoms with E-state index >= 15 is 0 Å². The summed E-state index contributed by atoms with van der Waals surface area (Å²) in [4.78, 5) is 4.08. The number of nitrogens with one attached hydrogen (secondary N) is 1. The van der Waals surface area contributed by atoms with Gasteiger partial charge in [-0.25, -0.2) is 0 Å². The molecule has 0 saturated carbocycles. The van der Waals surface area contributed by atoms with Gasteiger partial charge in [-0.05, 0) is 48.0 Å². The van der Waals surface area contributed by atoms with Crippen LogP contribution in [0, 0.1) is 3.57 Å². The summed E-state index contributed by atoms with van der Waals surface area (Å²) in [7, 11) is 0. The van der Waals surface area contributed by atoms with Crippen LogP contribution >= 0.6 is 22.6 Å². The summed E-state index contributed by atoms with van der Waals surface area (Å²) in [5.74, 6) is 0.866. The van der Waals surface area contributed by atoms with Gasteiger partial charge in [-0.1, -0.05) is 0 Å². The van der Waals surface area contributed by atoms with E-state index in [-0.39, 0.29) is 0 Å². The Morgan fingerprint density at radius 3 is 3.21 bits per heavy atom. The summed E-state index contributed by atoms with van der Waals surface area (Å²) in [6, 6.07) is 2.52. The lowest BCUT2D eigenvalue weighted by molar-refractivity contribution is 0.276. The van der Waals surface area contributed by atoms with Crippen molar-refractivity contribution in [2.75, 3.05) is 13.2 Å². The SMILES string of the molecule is [125I]c1cncc(OC[C@@H]2CCCN2)c1. The van der Waals surface area contributed by atoms with Crippen molar-refractivity contribution < 1.29 is 4.74 Å². The predicted octanol–water partition coefficient (Wildman–Crippen LogP) is 1.82. The van der Waals surface area contributed by atoms with Gasteiger partial charge in [0.2, 0.25) is 0 Å². The standard InChI is InChI=1S/C10H13IN2O/c11-8-4-10(6-12-5-8)14-7-9-2-1-3-13-9/h4-6,9,13H,1-3,7H2/t9-/m0/s1/i11-2. The molecule has 0 bridgehead atoms. The molecular weight excluding hydrogens is 289 g/mol. The third-order valence-electron chi connectivity index (χ3n) is 2.29. The minimum atomic E-state index is 0.521. The van der Waals surface area contributed by atoms with Crippen LogP contribution in [-0.4, -0.2) is 24.2 Å². The molecule has 1 aliphatic rings. The Morgan fingerprint density at radius 2 is 2.50 bits per heavy atom. The molecule has 1 aromatic rings. The van der Waals surface area contributed by atoms with E-state index in [2.05, 4.69) is 32.9 Å². The second-order valence-corrected chi connectivity index (χ2v) is 4.69. The van der Waals surface area contributed by atoms with Gasteiger partial charge < -0.3 is 10.1 Å². The van der Waals surface area contributed by atoms with Crippen molar-refractivity contribution in [3.05, 3.63) is 22.0 Å². The fourth-order valence-electron chi connectivity index (χ4n) is 1.57. The summed E-state index contributed by atoms with van der Waals surface area (Å²) in [6.07, 6.45) is 6.06. The van der Waals surface area contributed by atoms with Gasteiger partial charge in [0, 0.05) is 15.8 Å². The van der Waals surface area contributed by atoms with E-state index in [1.807, 2.05) is 12.3 Å². The molecule has 2 rings (SSSR count). The van der Waals surface area contributed by atoms with Crippen LogP contribution in [0.2, 0.25) is 0 Å². The topological polar surface area (TPSA) is 34.1 Å². The first kappa shape index (κ1) is 10.2. The molecule has 1 N–H and O–H groups in total. The quantitative estimate of drug-likeness (QED) is 0.865. The van der Waals surface area contributed by atoms with E-state index in [4.69, 9.17) is 4.74 Å². The average Bonchev–Trinajstić information content (AvgIpc) is 2.67. The maximum absolute atomic E-state index is 5.64. The molecule has 0 aromatic carbocycles. The van der Waals surface area contributed by atoms with Gasteiger partial charge in [0.25, 0.3) is 0 Å². The van der Waals surface area contributed by atoms with Gasteiger partial charge in [0.1, 0.15) is 12.4 Å². The third kappa shape index (κ3) is 2.81. The van der Waals surface area contributed by atoms with Crippen LogP contribution in [0.3, 0.4) is 0 Å². The van der Waals surface area contributed by atoms with E-state index < -0.39 is 0 Å². The van der Waals surface area contributed by atoms with Gasteiger partial charge in [-0.3, -0.25) is 4.98 Å².